The van der Waals surface area contributed by atoms with Crippen LogP contribution in [0.3, 0.4) is 0 Å². The number of benzene rings is 2. The molecule has 1 fully saturated rings. The molecule has 3 rings (SSSR count). The SMILES string of the molecule is CNc1cc(C(=O)Nc2ccc(OC(F)(F)F)cc2)c(N2CCCC(C(F)(F)F)C2)cc1C. The summed E-state index contributed by atoms with van der Waals surface area (Å²) in [7, 11) is 1.66. The maximum atomic E-state index is 13.3. The molecule has 11 heteroatoms. The maximum Gasteiger partial charge on any atom is 0.573 e. The normalized spacial score (nSPS) is 17.0. The van der Waals surface area contributed by atoms with Crippen LogP contribution in [-0.2, 0) is 0 Å². The molecule has 0 aromatic heterocycles. The summed E-state index contributed by atoms with van der Waals surface area (Å²) in [6.07, 6.45) is -8.81. The number of nitrogens with zero attached hydrogens (tertiary/aromatic N) is 1. The van der Waals surface area contributed by atoms with Gasteiger partial charge in [0.15, 0.2) is 0 Å². The van der Waals surface area contributed by atoms with Gasteiger partial charge in [-0.15, -0.1) is 13.2 Å². The number of hydrogen-bond donors (Lipinski definition) is 2. The second-order valence-corrected chi connectivity index (χ2v) is 7.79. The third kappa shape index (κ3) is 6.23. The van der Waals surface area contributed by atoms with Crippen molar-refractivity contribution >= 4 is 23.0 Å². The largest absolute Gasteiger partial charge is 0.573 e. The number of alkyl halides is 6. The lowest BCUT2D eigenvalue weighted by atomic mass is 9.95. The molecule has 2 aromatic rings. The van der Waals surface area contributed by atoms with E-state index in [0.29, 0.717) is 24.3 Å². The fraction of sp³-hybridized carbons (Fsp3) is 0.409. The van der Waals surface area contributed by atoms with Crippen molar-refractivity contribution in [3.63, 3.8) is 0 Å². The predicted octanol–water partition coefficient (Wildman–Crippen LogP) is 5.97. The quantitative estimate of drug-likeness (QED) is 0.524. The van der Waals surface area contributed by atoms with Crippen LogP contribution >= 0.6 is 0 Å². The highest BCUT2D eigenvalue weighted by Crippen LogP contribution is 2.37. The molecule has 1 atom stereocenters. The van der Waals surface area contributed by atoms with Gasteiger partial charge >= 0.3 is 12.5 Å². The first kappa shape index (κ1) is 24.5. The number of carbonyl (C=O) groups is 1. The molecule has 0 saturated carbocycles. The predicted molar refractivity (Wildman–Crippen MR) is 113 cm³/mol. The zero-order valence-electron chi connectivity index (χ0n) is 17.9. The fourth-order valence-corrected chi connectivity index (χ4v) is 3.81. The van der Waals surface area contributed by atoms with E-state index in [0.717, 1.165) is 17.7 Å². The van der Waals surface area contributed by atoms with E-state index >= 15 is 0 Å². The van der Waals surface area contributed by atoms with Gasteiger partial charge in [-0.05, 0) is 61.7 Å². The first-order valence-electron chi connectivity index (χ1n) is 10.2. The van der Waals surface area contributed by atoms with Gasteiger partial charge in [0.2, 0.25) is 0 Å². The van der Waals surface area contributed by atoms with Gasteiger partial charge in [-0.3, -0.25) is 4.79 Å². The number of carbonyl (C=O) groups excluding carboxylic acids is 1. The highest BCUT2D eigenvalue weighted by Gasteiger charge is 2.42. The summed E-state index contributed by atoms with van der Waals surface area (Å²) in [5.74, 6) is -2.53. The second-order valence-electron chi connectivity index (χ2n) is 7.79. The van der Waals surface area contributed by atoms with Gasteiger partial charge in [-0.1, -0.05) is 0 Å². The van der Waals surface area contributed by atoms with E-state index in [9.17, 15) is 31.1 Å². The summed E-state index contributed by atoms with van der Waals surface area (Å²) in [5.41, 5.74) is 2.12. The number of ether oxygens (including phenoxy) is 1. The monoisotopic (exact) mass is 475 g/mol. The van der Waals surface area contributed by atoms with Crippen LogP contribution in [0.1, 0.15) is 28.8 Å². The van der Waals surface area contributed by atoms with E-state index in [1.165, 1.54) is 12.1 Å². The van der Waals surface area contributed by atoms with Crippen LogP contribution in [-0.4, -0.2) is 38.6 Å². The van der Waals surface area contributed by atoms with Crippen molar-refractivity contribution in [3.05, 3.63) is 47.5 Å². The van der Waals surface area contributed by atoms with E-state index in [2.05, 4.69) is 15.4 Å². The van der Waals surface area contributed by atoms with Crippen molar-refractivity contribution in [2.24, 2.45) is 5.92 Å². The summed E-state index contributed by atoms with van der Waals surface area (Å²) >= 11 is 0. The van der Waals surface area contributed by atoms with Crippen LogP contribution in [0, 0.1) is 12.8 Å². The molecule has 0 spiro atoms. The number of anilines is 3. The van der Waals surface area contributed by atoms with Crippen LogP contribution in [0.15, 0.2) is 36.4 Å². The van der Waals surface area contributed by atoms with Crippen molar-refractivity contribution in [2.75, 3.05) is 35.7 Å². The molecular formula is C22H23F6N3O2. The Balaban J connectivity index is 1.87. The van der Waals surface area contributed by atoms with E-state index in [1.54, 1.807) is 31.0 Å². The Morgan fingerprint density at radius 1 is 1.09 bits per heavy atom. The van der Waals surface area contributed by atoms with E-state index in [4.69, 9.17) is 0 Å². The van der Waals surface area contributed by atoms with Gasteiger partial charge < -0.3 is 20.3 Å². The van der Waals surface area contributed by atoms with Crippen molar-refractivity contribution in [2.45, 2.75) is 32.3 Å². The molecule has 1 amide bonds. The zero-order valence-corrected chi connectivity index (χ0v) is 17.9. The summed E-state index contributed by atoms with van der Waals surface area (Å²) in [6, 6.07) is 7.81. The molecule has 1 aliphatic heterocycles. The fourth-order valence-electron chi connectivity index (χ4n) is 3.81. The molecule has 0 aliphatic carbocycles. The van der Waals surface area contributed by atoms with Crippen molar-refractivity contribution in [3.8, 4) is 5.75 Å². The highest BCUT2D eigenvalue weighted by atomic mass is 19.4. The minimum absolute atomic E-state index is 0.0292. The number of piperidine rings is 1. The molecule has 180 valence electrons. The van der Waals surface area contributed by atoms with E-state index < -0.39 is 30.1 Å². The topological polar surface area (TPSA) is 53.6 Å². The van der Waals surface area contributed by atoms with Gasteiger partial charge in [-0.25, -0.2) is 0 Å². The second kappa shape index (κ2) is 9.40. The lowest BCUT2D eigenvalue weighted by molar-refractivity contribution is -0.274. The molecule has 2 N–H and O–H groups in total. The molecular weight excluding hydrogens is 452 g/mol. The third-order valence-electron chi connectivity index (χ3n) is 5.43. The first-order valence-corrected chi connectivity index (χ1v) is 10.2. The summed E-state index contributed by atoms with van der Waals surface area (Å²) in [5, 5.41) is 5.53. The summed E-state index contributed by atoms with van der Waals surface area (Å²) in [4.78, 5) is 14.6. The summed E-state index contributed by atoms with van der Waals surface area (Å²) in [6.45, 7) is 1.89. The maximum absolute atomic E-state index is 13.3. The van der Waals surface area contributed by atoms with E-state index in [1.807, 2.05) is 0 Å². The average molecular weight is 475 g/mol. The standard InChI is InChI=1S/C22H23F6N3O2/c1-13-10-19(31-9-3-4-14(12-31)21(23,24)25)17(11-18(13)29-2)20(32)30-15-5-7-16(8-6-15)33-22(26,27)28/h5-8,10-11,14,29H,3-4,9,12H2,1-2H3,(H,30,32). The van der Waals surface area contributed by atoms with Crippen LogP contribution in [0.2, 0.25) is 0 Å². The Morgan fingerprint density at radius 3 is 2.33 bits per heavy atom. The molecule has 1 aliphatic rings. The average Bonchev–Trinajstić information content (AvgIpc) is 2.73. The Bertz CT molecular complexity index is 989. The highest BCUT2D eigenvalue weighted by molar-refractivity contribution is 6.09. The molecule has 0 radical (unpaired) electrons. The number of aryl methyl sites for hydroxylation is 1. The van der Waals surface area contributed by atoms with Crippen LogP contribution in [0.25, 0.3) is 0 Å². The molecule has 1 unspecified atom stereocenters. The van der Waals surface area contributed by atoms with Crippen molar-refractivity contribution in [1.29, 1.82) is 0 Å². The molecule has 2 aromatic carbocycles. The summed E-state index contributed by atoms with van der Waals surface area (Å²) < 4.78 is 80.7. The van der Waals surface area contributed by atoms with Gasteiger partial charge in [0.1, 0.15) is 5.75 Å². The zero-order chi connectivity index (χ0) is 24.4. The number of halogens is 6. The molecule has 5 nitrogen and oxygen atoms in total. The van der Waals surface area contributed by atoms with Gasteiger partial charge in [-0.2, -0.15) is 13.2 Å². The van der Waals surface area contributed by atoms with Crippen molar-refractivity contribution < 1.29 is 35.9 Å². The number of hydrogen-bond acceptors (Lipinski definition) is 4. The van der Waals surface area contributed by atoms with Crippen LogP contribution in [0.4, 0.5) is 43.4 Å². The Hall–Kier alpha value is -3.11. The van der Waals surface area contributed by atoms with Gasteiger partial charge in [0, 0.05) is 37.2 Å². The minimum atomic E-state index is -4.84. The Labute approximate surface area is 186 Å². The third-order valence-corrected chi connectivity index (χ3v) is 5.43. The van der Waals surface area contributed by atoms with Crippen LogP contribution < -0.4 is 20.3 Å². The Morgan fingerprint density at radius 2 is 1.76 bits per heavy atom. The lowest BCUT2D eigenvalue weighted by Gasteiger charge is -2.36. The number of nitrogens with one attached hydrogen (secondary N) is 2. The molecule has 1 saturated heterocycles. The van der Waals surface area contributed by atoms with E-state index in [-0.39, 0.29) is 24.2 Å². The lowest BCUT2D eigenvalue weighted by Crippen LogP contribution is -2.42. The van der Waals surface area contributed by atoms with Gasteiger partial charge in [0.05, 0.1) is 11.5 Å². The Kier molecular flexibility index (Phi) is 6.99. The smallest absolute Gasteiger partial charge is 0.406 e. The molecule has 33 heavy (non-hydrogen) atoms. The molecule has 0 bridgehead atoms. The van der Waals surface area contributed by atoms with Crippen LogP contribution in [0.5, 0.6) is 5.75 Å². The first-order chi connectivity index (χ1) is 15.4. The number of rotatable bonds is 5. The molecule has 1 heterocycles. The van der Waals surface area contributed by atoms with Gasteiger partial charge in [0.25, 0.3) is 5.91 Å². The number of amides is 1. The minimum Gasteiger partial charge on any atom is -0.406 e. The van der Waals surface area contributed by atoms with Crippen molar-refractivity contribution in [1.82, 2.24) is 0 Å².